The Morgan fingerprint density at radius 3 is 1.34 bits per heavy atom. The van der Waals surface area contributed by atoms with Crippen LogP contribution >= 0.6 is 23.5 Å². The molecule has 0 unspecified atom stereocenters. The molecule has 0 radical (unpaired) electrons. The van der Waals surface area contributed by atoms with Gasteiger partial charge >= 0.3 is 16.0 Å². The van der Waals surface area contributed by atoms with E-state index in [9.17, 15) is 35.5 Å². The standard InChI is InChI=1S/C34H52N8O2S2.2C7H8O3S/c1-26-23-29-35-17-11-10-12-18-36-30-24-27(2)40(5)33(38-30)46-22-16-9-7-14-20-42-31(43)25-28(3)41(34(42)44)19-13-6-8-15-21-45-32(37-29)39(26)4;2*1-6-2-4-7(5-3-6)11(8,9)10/h23-25H,6-22H2,1-5H3;2*2-5H,1H3,(H,8,9,10). The van der Waals surface area contributed by atoms with Gasteiger partial charge in [0.15, 0.2) is 0 Å². The van der Waals surface area contributed by atoms with Crippen LogP contribution in [0.2, 0.25) is 0 Å². The van der Waals surface area contributed by atoms with E-state index in [1.54, 1.807) is 58.4 Å². The number of benzene rings is 2. The molecule has 0 saturated heterocycles. The predicted molar refractivity (Wildman–Crippen MR) is 267 cm³/mol. The van der Waals surface area contributed by atoms with E-state index in [1.807, 2.05) is 20.8 Å². The largest absolute Gasteiger partial charge is 0.744 e. The highest BCUT2D eigenvalue weighted by Crippen LogP contribution is 2.20. The lowest BCUT2D eigenvalue weighted by molar-refractivity contribution is -0.718. The van der Waals surface area contributed by atoms with Gasteiger partial charge in [-0.2, -0.15) is 0 Å². The van der Waals surface area contributed by atoms with Crippen LogP contribution in [0.25, 0.3) is 0 Å². The first-order chi connectivity index (χ1) is 32.2. The van der Waals surface area contributed by atoms with Crippen molar-refractivity contribution in [3.05, 3.63) is 116 Å². The third kappa shape index (κ3) is 18.7. The van der Waals surface area contributed by atoms with Crippen molar-refractivity contribution in [3.8, 4) is 0 Å². The number of nitrogens with zero attached hydrogens (tertiary/aromatic N) is 6. The number of fused-ring (bicyclic) bond motifs is 6. The highest BCUT2D eigenvalue weighted by Gasteiger charge is 2.18. The van der Waals surface area contributed by atoms with Gasteiger partial charge in [-0.05, 0) is 137 Å². The summed E-state index contributed by atoms with van der Waals surface area (Å²) in [6.45, 7) is 12.7. The van der Waals surface area contributed by atoms with Crippen LogP contribution in [-0.2, 0) is 47.4 Å². The van der Waals surface area contributed by atoms with Gasteiger partial charge in [0, 0.05) is 61.6 Å². The Kier molecular flexibility index (Phi) is 22.7. The van der Waals surface area contributed by atoms with Crippen LogP contribution in [-0.4, -0.2) is 69.6 Å². The maximum Gasteiger partial charge on any atom is 0.361 e. The van der Waals surface area contributed by atoms with E-state index in [1.165, 1.54) is 40.2 Å². The second kappa shape index (κ2) is 27.6. The Morgan fingerprint density at radius 1 is 0.544 bits per heavy atom. The highest BCUT2D eigenvalue weighted by molar-refractivity contribution is 7.99. The number of hydrogen-bond acceptors (Lipinski definition) is 14. The smallest absolute Gasteiger partial charge is 0.361 e. The molecule has 0 aliphatic carbocycles. The second-order valence-corrected chi connectivity index (χ2v) is 21.8. The molecular weight excluding hydrogens is 945 g/mol. The second-order valence-electron chi connectivity index (χ2n) is 16.9. The summed E-state index contributed by atoms with van der Waals surface area (Å²) in [6.07, 6.45) is 11.5. The van der Waals surface area contributed by atoms with Gasteiger partial charge in [-0.1, -0.05) is 61.1 Å². The van der Waals surface area contributed by atoms with Gasteiger partial charge < -0.3 is 19.7 Å². The lowest BCUT2D eigenvalue weighted by Gasteiger charge is -2.13. The first kappa shape index (κ1) is 56.0. The molecule has 0 amide bonds. The average Bonchev–Trinajstić information content (AvgIpc) is 3.27. The van der Waals surface area contributed by atoms with E-state index in [2.05, 4.69) is 59.8 Å². The predicted octanol–water partition coefficient (Wildman–Crippen LogP) is 6.89. The molecule has 2 N–H and O–H groups in total. The molecule has 6 bridgehead atoms. The Morgan fingerprint density at radius 2 is 0.926 bits per heavy atom. The van der Waals surface area contributed by atoms with Crippen molar-refractivity contribution < 1.29 is 35.1 Å². The average molecular weight is 1010 g/mol. The molecule has 2 aromatic carbocycles. The van der Waals surface area contributed by atoms with Crippen LogP contribution in [0.15, 0.2) is 96.4 Å². The Bertz CT molecular complexity index is 2680. The van der Waals surface area contributed by atoms with Crippen molar-refractivity contribution in [3.63, 3.8) is 0 Å². The van der Waals surface area contributed by atoms with E-state index in [0.717, 1.165) is 134 Å². The van der Waals surface area contributed by atoms with Crippen LogP contribution in [0.4, 0.5) is 11.6 Å². The molecule has 1 aliphatic rings. The summed E-state index contributed by atoms with van der Waals surface area (Å²) in [5.41, 5.74) is 4.63. The third-order valence-corrected chi connectivity index (χ3v) is 15.3. The quantitative estimate of drug-likeness (QED) is 0.105. The number of nitrogens with one attached hydrogen (secondary N) is 2. The van der Waals surface area contributed by atoms with Crippen molar-refractivity contribution in [2.24, 2.45) is 14.1 Å². The number of rotatable bonds is 2. The monoisotopic (exact) mass is 1010 g/mol. The molecule has 1 aliphatic heterocycles. The number of hydrogen-bond donors (Lipinski definition) is 2. The fourth-order valence-electron chi connectivity index (χ4n) is 7.00. The maximum atomic E-state index is 13.2. The summed E-state index contributed by atoms with van der Waals surface area (Å²) in [5, 5.41) is 9.13. The normalized spacial score (nSPS) is 15.2. The van der Waals surface area contributed by atoms with E-state index < -0.39 is 20.2 Å². The summed E-state index contributed by atoms with van der Waals surface area (Å²) in [6, 6.07) is 17.4. The zero-order chi connectivity index (χ0) is 49.9. The minimum atomic E-state index is -4.27. The molecule has 68 heavy (non-hydrogen) atoms. The van der Waals surface area contributed by atoms with Gasteiger partial charge in [0.05, 0.1) is 23.9 Å². The zero-order valence-corrected chi connectivity index (χ0v) is 43.7. The van der Waals surface area contributed by atoms with Crippen LogP contribution in [0.3, 0.4) is 0 Å². The Hall–Kier alpha value is -4.60. The SMILES string of the molecule is Cc1cc(=O)n2c(=O)n1CCCCCCSc1nc(cc(C)[n+]1C)NCCCCCNc1cc(C)[n+](C)c(n1)SCCCCCC2.Cc1ccc(S(=O)(=O)[O-])cc1.Cc1ccc(S(=O)(=O)[O-])cc1. The summed E-state index contributed by atoms with van der Waals surface area (Å²) in [7, 11) is -4.38. The van der Waals surface area contributed by atoms with Gasteiger partial charge in [0.1, 0.15) is 31.6 Å². The molecule has 6 rings (SSSR count). The highest BCUT2D eigenvalue weighted by atomic mass is 32.2. The Balaban J connectivity index is 0.000000371. The molecule has 4 heterocycles. The van der Waals surface area contributed by atoms with Crippen LogP contribution in [0, 0.1) is 34.6 Å². The molecule has 0 spiro atoms. The van der Waals surface area contributed by atoms with E-state index in [-0.39, 0.29) is 21.0 Å². The topological polar surface area (TPSA) is 216 Å². The molecular formula is C48H68N8O8S4. The first-order valence-corrected chi connectivity index (χ1v) is 27.9. The molecule has 5 aromatic rings. The van der Waals surface area contributed by atoms with Gasteiger partial charge in [0.25, 0.3) is 5.56 Å². The summed E-state index contributed by atoms with van der Waals surface area (Å²) in [4.78, 5) is 35.4. The van der Waals surface area contributed by atoms with E-state index in [4.69, 9.17) is 9.97 Å². The lowest BCUT2D eigenvalue weighted by Crippen LogP contribution is -2.40. The summed E-state index contributed by atoms with van der Waals surface area (Å²) in [5.74, 6) is 3.88. The van der Waals surface area contributed by atoms with Gasteiger partial charge in [0.2, 0.25) is 11.6 Å². The van der Waals surface area contributed by atoms with E-state index in [0.29, 0.717) is 13.1 Å². The van der Waals surface area contributed by atoms with Gasteiger partial charge in [-0.3, -0.25) is 13.9 Å². The zero-order valence-electron chi connectivity index (χ0n) is 40.5. The van der Waals surface area contributed by atoms with Crippen LogP contribution in [0.5, 0.6) is 0 Å². The first-order valence-electron chi connectivity index (χ1n) is 23.1. The molecule has 0 fully saturated rings. The molecule has 0 saturated carbocycles. The van der Waals surface area contributed by atoms with Crippen molar-refractivity contribution in [2.75, 3.05) is 35.2 Å². The lowest BCUT2D eigenvalue weighted by atomic mass is 10.2. The molecule has 16 nitrogen and oxygen atoms in total. The van der Waals surface area contributed by atoms with Crippen molar-refractivity contribution >= 4 is 55.4 Å². The number of aryl methyl sites for hydroxylation is 5. The number of thioether (sulfide) groups is 2. The summed E-state index contributed by atoms with van der Waals surface area (Å²) >= 11 is 3.60. The molecule has 3 aromatic heterocycles. The Labute approximate surface area is 411 Å². The fourth-order valence-corrected chi connectivity index (χ4v) is 10.0. The van der Waals surface area contributed by atoms with Gasteiger partial charge in [-0.25, -0.2) is 30.8 Å². The summed E-state index contributed by atoms with van der Waals surface area (Å²) < 4.78 is 69.9. The minimum absolute atomic E-state index is 0.166. The number of anilines is 2. The van der Waals surface area contributed by atoms with Crippen LogP contribution in [0.1, 0.15) is 98.8 Å². The maximum absolute atomic E-state index is 13.2. The van der Waals surface area contributed by atoms with Crippen LogP contribution < -0.4 is 31.0 Å². The van der Waals surface area contributed by atoms with Crippen molar-refractivity contribution in [1.29, 1.82) is 0 Å². The third-order valence-electron chi connectivity index (χ3n) is 11.3. The van der Waals surface area contributed by atoms with E-state index >= 15 is 0 Å². The minimum Gasteiger partial charge on any atom is -0.744 e. The van der Waals surface area contributed by atoms with Gasteiger partial charge in [-0.15, -0.1) is 0 Å². The number of aromatic nitrogens is 6. The van der Waals surface area contributed by atoms with Crippen molar-refractivity contribution in [2.45, 2.75) is 138 Å². The molecule has 372 valence electrons. The van der Waals surface area contributed by atoms with Crippen molar-refractivity contribution in [1.82, 2.24) is 19.1 Å². The molecule has 20 heteroatoms. The fraction of sp³-hybridized carbons (Fsp3) is 0.500. The molecule has 0 atom stereocenters.